The normalized spacial score (nSPS) is 10.5. The highest BCUT2D eigenvalue weighted by molar-refractivity contribution is 5.79. The minimum atomic E-state index is 0.219. The van der Waals surface area contributed by atoms with Gasteiger partial charge < -0.3 is 15.3 Å². The molecule has 0 radical (unpaired) electrons. The monoisotopic (exact) mass is 278 g/mol. The van der Waals surface area contributed by atoms with Gasteiger partial charge in [0.05, 0.1) is 17.7 Å². The van der Waals surface area contributed by atoms with Gasteiger partial charge in [-0.15, -0.1) is 0 Å². The maximum Gasteiger partial charge on any atom is 0.142 e. The van der Waals surface area contributed by atoms with Gasteiger partial charge in [-0.05, 0) is 19.1 Å². The molecule has 6 heteroatoms. The molecule has 3 aromatic rings. The van der Waals surface area contributed by atoms with Crippen molar-refractivity contribution in [2.24, 2.45) is 7.05 Å². The molecule has 6 nitrogen and oxygen atoms in total. The smallest absolute Gasteiger partial charge is 0.142 e. The van der Waals surface area contributed by atoms with E-state index in [1.54, 1.807) is 6.33 Å². The minimum Gasteiger partial charge on any atom is -0.383 e. The van der Waals surface area contributed by atoms with Crippen LogP contribution < -0.4 is 5.73 Å². The van der Waals surface area contributed by atoms with Crippen molar-refractivity contribution in [1.82, 2.24) is 19.5 Å². The quantitative estimate of drug-likeness (QED) is 0.751. The van der Waals surface area contributed by atoms with Crippen molar-refractivity contribution in [3.8, 4) is 28.6 Å². The second kappa shape index (κ2) is 4.80. The Labute approximate surface area is 121 Å². The number of aromatic nitrogens is 4. The molecule has 0 fully saturated rings. The summed E-state index contributed by atoms with van der Waals surface area (Å²) in [5.74, 6) is 0.219. The predicted octanol–water partition coefficient (Wildman–Crippen LogP) is 2.24. The Kier molecular flexibility index (Phi) is 2.95. The second-order valence-corrected chi connectivity index (χ2v) is 4.87. The van der Waals surface area contributed by atoms with Crippen LogP contribution in [-0.4, -0.2) is 19.5 Å². The highest BCUT2D eigenvalue weighted by atomic mass is 14.9. The summed E-state index contributed by atoms with van der Waals surface area (Å²) in [6, 6.07) is 5.92. The van der Waals surface area contributed by atoms with Gasteiger partial charge in [0.2, 0.25) is 0 Å². The van der Waals surface area contributed by atoms with Crippen molar-refractivity contribution < 1.29 is 0 Å². The number of nitrogens with zero attached hydrogens (tertiary/aromatic N) is 4. The zero-order chi connectivity index (χ0) is 15.0. The summed E-state index contributed by atoms with van der Waals surface area (Å²) in [7, 11) is 1.94. The number of nitrogens with one attached hydrogen (secondary N) is 1. The van der Waals surface area contributed by atoms with Gasteiger partial charge in [0.1, 0.15) is 17.5 Å². The molecule has 0 aliphatic rings. The molecule has 3 rings (SSSR count). The van der Waals surface area contributed by atoms with Crippen LogP contribution in [-0.2, 0) is 7.05 Å². The number of nitrogens with two attached hydrogens (primary N) is 1. The number of hydrogen-bond acceptors (Lipinski definition) is 4. The van der Waals surface area contributed by atoms with E-state index in [0.29, 0.717) is 11.1 Å². The maximum absolute atomic E-state index is 9.34. The van der Waals surface area contributed by atoms with Crippen LogP contribution in [0.5, 0.6) is 0 Å². The van der Waals surface area contributed by atoms with Crippen LogP contribution in [0.25, 0.3) is 22.5 Å². The molecule has 0 bridgehead atoms. The van der Waals surface area contributed by atoms with Gasteiger partial charge in [-0.3, -0.25) is 0 Å². The van der Waals surface area contributed by atoms with Crippen LogP contribution in [0.2, 0.25) is 0 Å². The minimum absolute atomic E-state index is 0.219. The Morgan fingerprint density at radius 2 is 2.24 bits per heavy atom. The van der Waals surface area contributed by atoms with Crippen molar-refractivity contribution in [3.63, 3.8) is 0 Å². The standard InChI is InChI=1S/C15H14N6/c1-9-14(19-8-18-9)11-5-13(10-3-4-21(2)7-10)20-15(17)12(11)6-16/h3-5,7-8H,1-2H3,(H2,17,20)(H,18,19). The fourth-order valence-corrected chi connectivity index (χ4v) is 2.30. The zero-order valence-corrected chi connectivity index (χ0v) is 11.8. The van der Waals surface area contributed by atoms with E-state index >= 15 is 0 Å². The van der Waals surface area contributed by atoms with E-state index in [-0.39, 0.29) is 5.82 Å². The molecule has 0 saturated carbocycles. The van der Waals surface area contributed by atoms with Gasteiger partial charge in [-0.25, -0.2) is 9.97 Å². The lowest BCUT2D eigenvalue weighted by molar-refractivity contribution is 0.928. The molecule has 0 spiro atoms. The Bertz CT molecular complexity index is 849. The molecule has 104 valence electrons. The molecular weight excluding hydrogens is 264 g/mol. The molecular formula is C15H14N6. The van der Waals surface area contributed by atoms with Gasteiger partial charge in [0.15, 0.2) is 0 Å². The summed E-state index contributed by atoms with van der Waals surface area (Å²) in [6.45, 7) is 1.91. The van der Waals surface area contributed by atoms with Crippen molar-refractivity contribution >= 4 is 5.82 Å². The summed E-state index contributed by atoms with van der Waals surface area (Å²) < 4.78 is 1.94. The summed E-state index contributed by atoms with van der Waals surface area (Å²) in [5.41, 5.74) is 10.3. The summed E-state index contributed by atoms with van der Waals surface area (Å²) in [5, 5.41) is 9.34. The third kappa shape index (κ3) is 2.15. The fourth-order valence-electron chi connectivity index (χ4n) is 2.30. The number of hydrogen-bond donors (Lipinski definition) is 2. The topological polar surface area (TPSA) is 96.3 Å². The molecule has 0 saturated heterocycles. The van der Waals surface area contributed by atoms with Gasteiger partial charge in [0.25, 0.3) is 0 Å². The molecule has 0 atom stereocenters. The number of anilines is 1. The first-order valence-electron chi connectivity index (χ1n) is 6.43. The number of pyridine rings is 1. The Morgan fingerprint density at radius 1 is 1.43 bits per heavy atom. The average molecular weight is 278 g/mol. The van der Waals surface area contributed by atoms with Crippen LogP contribution in [0.1, 0.15) is 11.3 Å². The van der Waals surface area contributed by atoms with E-state index in [9.17, 15) is 5.26 Å². The molecule has 0 unspecified atom stereocenters. The van der Waals surface area contributed by atoms with Crippen LogP contribution in [0.4, 0.5) is 5.82 Å². The number of nitrogen functional groups attached to an aromatic ring is 1. The summed E-state index contributed by atoms with van der Waals surface area (Å²) in [4.78, 5) is 11.6. The molecule has 3 heterocycles. The van der Waals surface area contributed by atoms with Crippen molar-refractivity contribution in [2.45, 2.75) is 6.92 Å². The van der Waals surface area contributed by atoms with Gasteiger partial charge in [-0.2, -0.15) is 5.26 Å². The first-order chi connectivity index (χ1) is 10.1. The SMILES string of the molecule is Cc1[nH]cnc1-c1cc(-c2ccn(C)c2)nc(N)c1C#N. The number of H-pyrrole nitrogens is 1. The number of imidazole rings is 1. The average Bonchev–Trinajstić information content (AvgIpc) is 3.06. The molecule has 0 aliphatic carbocycles. The lowest BCUT2D eigenvalue weighted by atomic mass is 10.0. The van der Waals surface area contributed by atoms with Crippen LogP contribution in [0.15, 0.2) is 30.9 Å². The fraction of sp³-hybridized carbons (Fsp3) is 0.133. The van der Waals surface area contributed by atoms with Crippen LogP contribution >= 0.6 is 0 Å². The zero-order valence-electron chi connectivity index (χ0n) is 11.8. The molecule has 3 aromatic heterocycles. The molecule has 0 amide bonds. The third-order valence-corrected chi connectivity index (χ3v) is 3.37. The number of aromatic amines is 1. The van der Waals surface area contributed by atoms with Gasteiger partial charge in [0, 0.05) is 36.3 Å². The number of nitriles is 1. The van der Waals surface area contributed by atoms with Crippen LogP contribution in [0, 0.1) is 18.3 Å². The lowest BCUT2D eigenvalue weighted by Gasteiger charge is -2.08. The molecule has 3 N–H and O–H groups in total. The van der Waals surface area contributed by atoms with E-state index in [0.717, 1.165) is 22.6 Å². The first kappa shape index (κ1) is 12.9. The largest absolute Gasteiger partial charge is 0.383 e. The Balaban J connectivity index is 2.25. The molecule has 21 heavy (non-hydrogen) atoms. The maximum atomic E-state index is 9.34. The summed E-state index contributed by atoms with van der Waals surface area (Å²) in [6.07, 6.45) is 5.49. The van der Waals surface area contributed by atoms with Crippen LogP contribution in [0.3, 0.4) is 0 Å². The lowest BCUT2D eigenvalue weighted by Crippen LogP contribution is -2.00. The highest BCUT2D eigenvalue weighted by Crippen LogP contribution is 2.31. The predicted molar refractivity (Wildman–Crippen MR) is 80.1 cm³/mol. The summed E-state index contributed by atoms with van der Waals surface area (Å²) >= 11 is 0. The van der Waals surface area contributed by atoms with E-state index in [1.165, 1.54) is 0 Å². The third-order valence-electron chi connectivity index (χ3n) is 3.37. The Morgan fingerprint density at radius 3 is 2.81 bits per heavy atom. The Hall–Kier alpha value is -3.07. The van der Waals surface area contributed by atoms with Crippen molar-refractivity contribution in [3.05, 3.63) is 42.1 Å². The van der Waals surface area contributed by atoms with Gasteiger partial charge in [-0.1, -0.05) is 0 Å². The first-order valence-corrected chi connectivity index (χ1v) is 6.43. The van der Waals surface area contributed by atoms with Gasteiger partial charge >= 0.3 is 0 Å². The van der Waals surface area contributed by atoms with E-state index < -0.39 is 0 Å². The van der Waals surface area contributed by atoms with Crippen molar-refractivity contribution in [1.29, 1.82) is 5.26 Å². The number of aryl methyl sites for hydroxylation is 2. The molecule has 0 aliphatic heterocycles. The molecule has 0 aromatic carbocycles. The van der Waals surface area contributed by atoms with E-state index in [2.05, 4.69) is 21.0 Å². The second-order valence-electron chi connectivity index (χ2n) is 4.87. The van der Waals surface area contributed by atoms with E-state index in [4.69, 9.17) is 5.73 Å². The highest BCUT2D eigenvalue weighted by Gasteiger charge is 2.16. The van der Waals surface area contributed by atoms with Crippen molar-refractivity contribution in [2.75, 3.05) is 5.73 Å². The van der Waals surface area contributed by atoms with E-state index in [1.807, 2.05) is 43.1 Å². The number of rotatable bonds is 2.